The highest BCUT2D eigenvalue weighted by Crippen LogP contribution is 2.36. The maximum Gasteiger partial charge on any atom is 0.329 e. The SMILES string of the molecule is C[C@@H](C(=O)OCc1ccc(Cl)c(Cl)c1)N1C(=O)[C@@H]2CC=CC[C@H]2C1=O. The summed E-state index contributed by atoms with van der Waals surface area (Å²) >= 11 is 11.8. The maximum atomic E-state index is 12.5. The van der Waals surface area contributed by atoms with E-state index in [1.54, 1.807) is 18.2 Å². The van der Waals surface area contributed by atoms with Gasteiger partial charge in [0.25, 0.3) is 0 Å². The molecule has 1 heterocycles. The number of esters is 1. The van der Waals surface area contributed by atoms with Gasteiger partial charge >= 0.3 is 5.97 Å². The summed E-state index contributed by atoms with van der Waals surface area (Å²) in [6, 6.07) is 3.96. The lowest BCUT2D eigenvalue weighted by Gasteiger charge is -2.21. The number of fused-ring (bicyclic) bond motifs is 1. The number of rotatable bonds is 4. The van der Waals surface area contributed by atoms with E-state index in [9.17, 15) is 14.4 Å². The lowest BCUT2D eigenvalue weighted by Crippen LogP contribution is -2.44. The minimum atomic E-state index is -0.951. The maximum absolute atomic E-state index is 12.5. The highest BCUT2D eigenvalue weighted by molar-refractivity contribution is 6.42. The predicted octanol–water partition coefficient (Wildman–Crippen LogP) is 3.38. The molecule has 0 bridgehead atoms. The number of likely N-dealkylation sites (tertiary alicyclic amines) is 1. The zero-order valence-corrected chi connectivity index (χ0v) is 15.1. The van der Waals surface area contributed by atoms with Crippen molar-refractivity contribution in [2.24, 2.45) is 11.8 Å². The zero-order chi connectivity index (χ0) is 18.1. The van der Waals surface area contributed by atoms with Gasteiger partial charge in [-0.25, -0.2) is 4.79 Å². The minimum absolute atomic E-state index is 0.00923. The molecule has 1 aliphatic carbocycles. The fraction of sp³-hybridized carbons (Fsp3) is 0.389. The molecule has 1 aromatic rings. The molecular formula is C18H17Cl2NO4. The molecule has 1 aliphatic heterocycles. The standard InChI is InChI=1S/C18H17Cl2NO4/c1-10(18(24)25-9-11-6-7-14(19)15(20)8-11)21-16(22)12-4-2-3-5-13(12)17(21)23/h2-3,6-8,10,12-13H,4-5,9H2,1H3/t10-,12+,13+/m0/s1. The molecule has 0 saturated carbocycles. The van der Waals surface area contributed by atoms with Crippen LogP contribution in [0.3, 0.4) is 0 Å². The first kappa shape index (κ1) is 18.0. The van der Waals surface area contributed by atoms with Crippen LogP contribution in [0.25, 0.3) is 0 Å². The molecular weight excluding hydrogens is 365 g/mol. The van der Waals surface area contributed by atoms with Crippen LogP contribution >= 0.6 is 23.2 Å². The van der Waals surface area contributed by atoms with Crippen LogP contribution < -0.4 is 0 Å². The van der Waals surface area contributed by atoms with Crippen molar-refractivity contribution in [3.05, 3.63) is 46.0 Å². The molecule has 5 nitrogen and oxygen atoms in total. The number of carbonyl (C=O) groups excluding carboxylic acids is 3. The van der Waals surface area contributed by atoms with E-state index in [0.717, 1.165) is 4.90 Å². The number of hydrogen-bond acceptors (Lipinski definition) is 4. The fourth-order valence-electron chi connectivity index (χ4n) is 3.22. The number of nitrogens with zero attached hydrogens (tertiary/aromatic N) is 1. The van der Waals surface area contributed by atoms with Gasteiger partial charge in [0.05, 0.1) is 21.9 Å². The summed E-state index contributed by atoms with van der Waals surface area (Å²) in [6.07, 6.45) is 4.89. The third-order valence-corrected chi connectivity index (χ3v) is 5.37. The van der Waals surface area contributed by atoms with Crippen molar-refractivity contribution in [1.29, 1.82) is 0 Å². The van der Waals surface area contributed by atoms with Gasteiger partial charge in [0.15, 0.2) is 0 Å². The summed E-state index contributed by atoms with van der Waals surface area (Å²) in [5, 5.41) is 0.777. The van der Waals surface area contributed by atoms with Gasteiger partial charge in [-0.05, 0) is 37.5 Å². The first-order valence-corrected chi connectivity index (χ1v) is 8.78. The van der Waals surface area contributed by atoms with Crippen molar-refractivity contribution >= 4 is 41.0 Å². The second-order valence-electron chi connectivity index (χ2n) is 6.23. The molecule has 0 spiro atoms. The smallest absolute Gasteiger partial charge is 0.329 e. The Morgan fingerprint density at radius 3 is 2.32 bits per heavy atom. The monoisotopic (exact) mass is 381 g/mol. The molecule has 3 atom stereocenters. The summed E-state index contributed by atoms with van der Waals surface area (Å²) in [7, 11) is 0. The topological polar surface area (TPSA) is 63.7 Å². The summed E-state index contributed by atoms with van der Waals surface area (Å²) in [5.41, 5.74) is 0.673. The van der Waals surface area contributed by atoms with Gasteiger partial charge in [-0.2, -0.15) is 0 Å². The van der Waals surface area contributed by atoms with Crippen LogP contribution in [0, 0.1) is 11.8 Å². The lowest BCUT2D eigenvalue weighted by atomic mass is 9.85. The van der Waals surface area contributed by atoms with Crippen molar-refractivity contribution in [2.45, 2.75) is 32.4 Å². The molecule has 0 unspecified atom stereocenters. The van der Waals surface area contributed by atoms with Crippen molar-refractivity contribution in [3.63, 3.8) is 0 Å². The summed E-state index contributed by atoms with van der Waals surface area (Å²) in [4.78, 5) is 38.3. The Kier molecular flexibility index (Phi) is 5.16. The van der Waals surface area contributed by atoms with E-state index in [-0.39, 0.29) is 30.3 Å². The molecule has 132 valence electrons. The average molecular weight is 382 g/mol. The molecule has 25 heavy (non-hydrogen) atoms. The highest BCUT2D eigenvalue weighted by atomic mass is 35.5. The average Bonchev–Trinajstić information content (AvgIpc) is 2.86. The molecule has 1 fully saturated rings. The van der Waals surface area contributed by atoms with Gasteiger partial charge in [0.2, 0.25) is 11.8 Å². The number of hydrogen-bond donors (Lipinski definition) is 0. The number of imide groups is 1. The molecule has 7 heteroatoms. The highest BCUT2D eigenvalue weighted by Gasteiger charge is 2.50. The molecule has 2 amide bonds. The van der Waals surface area contributed by atoms with Crippen molar-refractivity contribution < 1.29 is 19.1 Å². The molecule has 0 aromatic heterocycles. The molecule has 0 N–H and O–H groups in total. The quantitative estimate of drug-likeness (QED) is 0.455. The van der Waals surface area contributed by atoms with E-state index in [2.05, 4.69) is 0 Å². The van der Waals surface area contributed by atoms with Crippen LogP contribution in [-0.2, 0) is 25.7 Å². The third kappa shape index (κ3) is 3.44. The zero-order valence-electron chi connectivity index (χ0n) is 13.6. The Labute approximate surface area is 155 Å². The van der Waals surface area contributed by atoms with Gasteiger partial charge in [0.1, 0.15) is 12.6 Å². The molecule has 3 rings (SSSR count). The van der Waals surface area contributed by atoms with Crippen molar-refractivity contribution in [1.82, 2.24) is 4.90 Å². The Morgan fingerprint density at radius 1 is 1.16 bits per heavy atom. The van der Waals surface area contributed by atoms with E-state index in [1.807, 2.05) is 12.2 Å². The van der Waals surface area contributed by atoms with Gasteiger partial charge in [-0.15, -0.1) is 0 Å². The number of benzene rings is 1. The van der Waals surface area contributed by atoms with Crippen LogP contribution in [0.5, 0.6) is 0 Å². The summed E-state index contributed by atoms with van der Waals surface area (Å²) in [6.45, 7) is 1.50. The van der Waals surface area contributed by atoms with Crippen LogP contribution in [0.4, 0.5) is 0 Å². The number of allylic oxidation sites excluding steroid dienone is 2. The fourth-order valence-corrected chi connectivity index (χ4v) is 3.54. The van der Waals surface area contributed by atoms with E-state index >= 15 is 0 Å². The molecule has 2 aliphatic rings. The van der Waals surface area contributed by atoms with Gasteiger partial charge in [0, 0.05) is 0 Å². The Balaban J connectivity index is 1.65. The number of carbonyl (C=O) groups is 3. The van der Waals surface area contributed by atoms with Gasteiger partial charge < -0.3 is 4.74 Å². The van der Waals surface area contributed by atoms with Gasteiger partial charge in [-0.1, -0.05) is 41.4 Å². The minimum Gasteiger partial charge on any atom is -0.459 e. The van der Waals surface area contributed by atoms with E-state index < -0.39 is 12.0 Å². The lowest BCUT2D eigenvalue weighted by molar-refractivity contribution is -0.159. The summed E-state index contributed by atoms with van der Waals surface area (Å²) < 4.78 is 5.24. The van der Waals surface area contributed by atoms with Crippen LogP contribution in [-0.4, -0.2) is 28.7 Å². The largest absolute Gasteiger partial charge is 0.459 e. The Hall–Kier alpha value is -1.85. The van der Waals surface area contributed by atoms with Crippen LogP contribution in [0.1, 0.15) is 25.3 Å². The molecule has 1 aromatic carbocycles. The van der Waals surface area contributed by atoms with E-state index in [4.69, 9.17) is 27.9 Å². The number of halogens is 2. The van der Waals surface area contributed by atoms with Crippen LogP contribution in [0.2, 0.25) is 10.0 Å². The summed E-state index contributed by atoms with van der Waals surface area (Å²) in [5.74, 6) is -1.93. The third-order valence-electron chi connectivity index (χ3n) is 4.64. The second kappa shape index (κ2) is 7.18. The van der Waals surface area contributed by atoms with Crippen molar-refractivity contribution in [2.75, 3.05) is 0 Å². The first-order valence-electron chi connectivity index (χ1n) is 8.02. The van der Waals surface area contributed by atoms with Gasteiger partial charge in [-0.3, -0.25) is 14.5 Å². The van der Waals surface area contributed by atoms with Crippen molar-refractivity contribution in [3.8, 4) is 0 Å². The van der Waals surface area contributed by atoms with Crippen LogP contribution in [0.15, 0.2) is 30.4 Å². The Morgan fingerprint density at radius 2 is 1.76 bits per heavy atom. The number of ether oxygens (including phenoxy) is 1. The number of amides is 2. The normalized spacial score (nSPS) is 23.6. The van der Waals surface area contributed by atoms with E-state index in [0.29, 0.717) is 28.5 Å². The molecule has 0 radical (unpaired) electrons. The first-order chi connectivity index (χ1) is 11.9. The Bertz CT molecular complexity index is 735. The molecule has 1 saturated heterocycles. The van der Waals surface area contributed by atoms with E-state index in [1.165, 1.54) is 6.92 Å². The second-order valence-corrected chi connectivity index (χ2v) is 7.05. The predicted molar refractivity (Wildman–Crippen MR) is 92.9 cm³/mol.